The molecule has 6 nitrogen and oxygen atoms in total. The highest BCUT2D eigenvalue weighted by Crippen LogP contribution is 2.30. The van der Waals surface area contributed by atoms with Crippen molar-refractivity contribution in [3.8, 4) is 17.1 Å². The van der Waals surface area contributed by atoms with Crippen molar-refractivity contribution in [3.63, 3.8) is 0 Å². The summed E-state index contributed by atoms with van der Waals surface area (Å²) in [7, 11) is 1.87. The van der Waals surface area contributed by atoms with E-state index in [9.17, 15) is 4.79 Å². The number of nitrogens with zero attached hydrogens (tertiary/aromatic N) is 3. The van der Waals surface area contributed by atoms with Crippen LogP contribution in [0.4, 0.5) is 0 Å². The van der Waals surface area contributed by atoms with E-state index in [0.717, 1.165) is 11.3 Å². The van der Waals surface area contributed by atoms with Gasteiger partial charge in [-0.3, -0.25) is 4.79 Å². The standard InChI is InChI=1S/C15H19N3O3S/c1-4-20-12-9-7-6-8-11(12)14-16-17-15(18(14)3)22-10-13(19)21-5-2/h6-9H,4-5,10H2,1-3H3. The van der Waals surface area contributed by atoms with Crippen LogP contribution in [-0.4, -0.2) is 39.7 Å². The second-order valence-electron chi connectivity index (χ2n) is 4.39. The summed E-state index contributed by atoms with van der Waals surface area (Å²) >= 11 is 1.30. The Bertz CT molecular complexity index is 643. The van der Waals surface area contributed by atoms with Crippen LogP contribution in [0.3, 0.4) is 0 Å². The highest BCUT2D eigenvalue weighted by atomic mass is 32.2. The van der Waals surface area contributed by atoms with Crippen LogP contribution in [0.15, 0.2) is 29.4 Å². The Morgan fingerprint density at radius 1 is 1.23 bits per heavy atom. The molecule has 1 aromatic carbocycles. The van der Waals surface area contributed by atoms with Gasteiger partial charge in [-0.2, -0.15) is 0 Å². The van der Waals surface area contributed by atoms with Crippen molar-refractivity contribution in [2.45, 2.75) is 19.0 Å². The molecule has 118 valence electrons. The van der Waals surface area contributed by atoms with Gasteiger partial charge in [-0.1, -0.05) is 23.9 Å². The summed E-state index contributed by atoms with van der Waals surface area (Å²) < 4.78 is 12.4. The zero-order chi connectivity index (χ0) is 15.9. The van der Waals surface area contributed by atoms with E-state index in [2.05, 4.69) is 10.2 Å². The Labute approximate surface area is 133 Å². The van der Waals surface area contributed by atoms with Gasteiger partial charge in [-0.25, -0.2) is 0 Å². The van der Waals surface area contributed by atoms with Gasteiger partial charge in [0.25, 0.3) is 0 Å². The fourth-order valence-electron chi connectivity index (χ4n) is 1.93. The summed E-state index contributed by atoms with van der Waals surface area (Å²) in [4.78, 5) is 11.4. The molecule has 0 N–H and O–H groups in total. The van der Waals surface area contributed by atoms with E-state index in [1.54, 1.807) is 6.92 Å². The third-order valence-corrected chi connectivity index (χ3v) is 3.88. The fraction of sp³-hybridized carbons (Fsp3) is 0.400. The minimum Gasteiger partial charge on any atom is -0.493 e. The van der Waals surface area contributed by atoms with Gasteiger partial charge in [0.15, 0.2) is 11.0 Å². The molecule has 0 saturated carbocycles. The molecule has 0 aliphatic carbocycles. The first-order chi connectivity index (χ1) is 10.7. The molecule has 0 aliphatic heterocycles. The molecular weight excluding hydrogens is 302 g/mol. The van der Waals surface area contributed by atoms with E-state index in [4.69, 9.17) is 9.47 Å². The second kappa shape index (κ2) is 7.84. The Kier molecular flexibility index (Phi) is 5.83. The van der Waals surface area contributed by atoms with Crippen LogP contribution in [-0.2, 0) is 16.6 Å². The molecule has 0 aliphatic rings. The van der Waals surface area contributed by atoms with Crippen molar-refractivity contribution in [3.05, 3.63) is 24.3 Å². The van der Waals surface area contributed by atoms with Crippen molar-refractivity contribution >= 4 is 17.7 Å². The minimum atomic E-state index is -0.258. The maximum atomic E-state index is 11.4. The number of hydrogen-bond donors (Lipinski definition) is 0. The Hall–Kier alpha value is -2.02. The van der Waals surface area contributed by atoms with Gasteiger partial charge < -0.3 is 14.0 Å². The van der Waals surface area contributed by atoms with Gasteiger partial charge in [0.1, 0.15) is 5.75 Å². The molecule has 7 heteroatoms. The molecular formula is C15H19N3O3S. The lowest BCUT2D eigenvalue weighted by Gasteiger charge is -2.09. The van der Waals surface area contributed by atoms with Gasteiger partial charge in [0.2, 0.25) is 0 Å². The first-order valence-corrected chi connectivity index (χ1v) is 8.05. The van der Waals surface area contributed by atoms with Crippen molar-refractivity contribution in [2.24, 2.45) is 7.05 Å². The summed E-state index contributed by atoms with van der Waals surface area (Å²) in [5.41, 5.74) is 0.877. The molecule has 0 radical (unpaired) electrons. The van der Waals surface area contributed by atoms with Crippen LogP contribution in [0.1, 0.15) is 13.8 Å². The van der Waals surface area contributed by atoms with E-state index in [-0.39, 0.29) is 11.7 Å². The number of hydrogen-bond acceptors (Lipinski definition) is 6. The molecule has 0 unspecified atom stereocenters. The molecule has 0 amide bonds. The molecule has 0 spiro atoms. The number of thioether (sulfide) groups is 1. The first kappa shape index (κ1) is 16.4. The molecule has 0 atom stereocenters. The fourth-order valence-corrected chi connectivity index (χ4v) is 2.64. The topological polar surface area (TPSA) is 66.2 Å². The molecule has 22 heavy (non-hydrogen) atoms. The summed E-state index contributed by atoms with van der Waals surface area (Å²) in [6.07, 6.45) is 0. The number of carbonyl (C=O) groups excluding carboxylic acids is 1. The lowest BCUT2D eigenvalue weighted by molar-refractivity contribution is -0.139. The summed E-state index contributed by atoms with van der Waals surface area (Å²) in [6, 6.07) is 7.69. The average Bonchev–Trinajstić information content (AvgIpc) is 2.87. The lowest BCUT2D eigenvalue weighted by Crippen LogP contribution is -2.07. The van der Waals surface area contributed by atoms with E-state index < -0.39 is 0 Å². The second-order valence-corrected chi connectivity index (χ2v) is 5.33. The minimum absolute atomic E-state index is 0.215. The SMILES string of the molecule is CCOC(=O)CSc1nnc(-c2ccccc2OCC)n1C. The smallest absolute Gasteiger partial charge is 0.316 e. The molecule has 1 aromatic heterocycles. The van der Waals surface area contributed by atoms with Gasteiger partial charge in [0, 0.05) is 7.05 Å². The van der Waals surface area contributed by atoms with Crippen LogP contribution in [0.25, 0.3) is 11.4 Å². The molecule has 0 bridgehead atoms. The van der Waals surface area contributed by atoms with Crippen molar-refractivity contribution < 1.29 is 14.3 Å². The van der Waals surface area contributed by atoms with Gasteiger partial charge in [-0.15, -0.1) is 10.2 Å². The summed E-state index contributed by atoms with van der Waals surface area (Å²) in [5.74, 6) is 1.43. The number of benzene rings is 1. The maximum Gasteiger partial charge on any atom is 0.316 e. The van der Waals surface area contributed by atoms with E-state index in [1.807, 2.05) is 42.8 Å². The van der Waals surface area contributed by atoms with Crippen LogP contribution in [0.5, 0.6) is 5.75 Å². The van der Waals surface area contributed by atoms with Gasteiger partial charge >= 0.3 is 5.97 Å². The van der Waals surface area contributed by atoms with Crippen LogP contribution in [0, 0.1) is 0 Å². The van der Waals surface area contributed by atoms with Gasteiger partial charge in [-0.05, 0) is 26.0 Å². The number of para-hydroxylation sites is 1. The molecule has 0 fully saturated rings. The van der Waals surface area contributed by atoms with E-state index in [1.165, 1.54) is 11.8 Å². The summed E-state index contributed by atoms with van der Waals surface area (Å²) in [6.45, 7) is 4.69. The van der Waals surface area contributed by atoms with Crippen molar-refractivity contribution in [2.75, 3.05) is 19.0 Å². The third-order valence-electron chi connectivity index (χ3n) is 2.89. The monoisotopic (exact) mass is 321 g/mol. The molecule has 2 rings (SSSR count). The van der Waals surface area contributed by atoms with Crippen LogP contribution in [0.2, 0.25) is 0 Å². The quantitative estimate of drug-likeness (QED) is 0.577. The molecule has 2 aromatic rings. The Morgan fingerprint density at radius 2 is 2.00 bits per heavy atom. The van der Waals surface area contributed by atoms with Crippen LogP contribution < -0.4 is 4.74 Å². The predicted octanol–water partition coefficient (Wildman–Crippen LogP) is 2.54. The molecule has 1 heterocycles. The van der Waals surface area contributed by atoms with E-state index >= 15 is 0 Å². The van der Waals surface area contributed by atoms with Crippen molar-refractivity contribution in [1.82, 2.24) is 14.8 Å². The number of ether oxygens (including phenoxy) is 2. The largest absolute Gasteiger partial charge is 0.493 e. The zero-order valence-corrected chi connectivity index (χ0v) is 13.7. The molecule has 0 saturated heterocycles. The highest BCUT2D eigenvalue weighted by Gasteiger charge is 2.16. The first-order valence-electron chi connectivity index (χ1n) is 7.07. The van der Waals surface area contributed by atoms with Crippen LogP contribution >= 0.6 is 11.8 Å². The number of rotatable bonds is 7. The number of esters is 1. The number of carbonyl (C=O) groups is 1. The average molecular weight is 321 g/mol. The normalized spacial score (nSPS) is 10.5. The van der Waals surface area contributed by atoms with Crippen molar-refractivity contribution in [1.29, 1.82) is 0 Å². The summed E-state index contributed by atoms with van der Waals surface area (Å²) in [5, 5.41) is 9.01. The maximum absolute atomic E-state index is 11.4. The zero-order valence-electron chi connectivity index (χ0n) is 12.9. The van der Waals surface area contributed by atoms with Gasteiger partial charge in [0.05, 0.1) is 24.5 Å². The Morgan fingerprint density at radius 3 is 2.73 bits per heavy atom. The van der Waals surface area contributed by atoms with E-state index in [0.29, 0.717) is 24.2 Å². The third kappa shape index (κ3) is 3.79. The number of aromatic nitrogens is 3. The predicted molar refractivity (Wildman–Crippen MR) is 85.0 cm³/mol. The Balaban J connectivity index is 2.19. The lowest BCUT2D eigenvalue weighted by atomic mass is 10.2. The highest BCUT2D eigenvalue weighted by molar-refractivity contribution is 7.99.